The SMILES string of the molecule is c1ccc(-c2ccc(-c3c4ccccc4c(-c4ccc5sc6ccc7ccccc7c6c5c4)c4ccccc34)cc2)cc1. The minimum Gasteiger partial charge on any atom is -0.135 e. The molecule has 0 bridgehead atoms. The Balaban J connectivity index is 1.32. The van der Waals surface area contributed by atoms with Crippen molar-refractivity contribution in [2.24, 2.45) is 0 Å². The molecular formula is C42H26S. The molecular weight excluding hydrogens is 537 g/mol. The molecule has 1 heteroatoms. The molecule has 200 valence electrons. The van der Waals surface area contributed by atoms with Crippen LogP contribution >= 0.6 is 11.3 Å². The lowest BCUT2D eigenvalue weighted by Gasteiger charge is -2.18. The Labute approximate surface area is 254 Å². The molecule has 0 fully saturated rings. The summed E-state index contributed by atoms with van der Waals surface area (Å²) in [6.07, 6.45) is 0. The standard InChI is InChI=1S/C42H26S/c1-2-10-27(11-3-1)28-18-20-30(21-19-28)40-33-14-6-8-16-35(33)41(36-17-9-7-15-34(36)40)31-23-24-38-37(26-31)42-32-13-5-4-12-29(32)22-25-39(42)43-38/h1-26H. The van der Waals surface area contributed by atoms with Gasteiger partial charge in [-0.15, -0.1) is 11.3 Å². The zero-order valence-corrected chi connectivity index (χ0v) is 24.2. The van der Waals surface area contributed by atoms with Crippen molar-refractivity contribution in [1.29, 1.82) is 0 Å². The molecule has 1 aromatic heterocycles. The molecule has 0 aliphatic rings. The van der Waals surface area contributed by atoms with Gasteiger partial charge < -0.3 is 0 Å². The Morgan fingerprint density at radius 2 is 0.791 bits per heavy atom. The smallest absolute Gasteiger partial charge is 0.0361 e. The number of rotatable bonds is 3. The summed E-state index contributed by atoms with van der Waals surface area (Å²) in [4.78, 5) is 0. The zero-order valence-electron chi connectivity index (χ0n) is 23.4. The fourth-order valence-electron chi connectivity index (χ4n) is 6.91. The van der Waals surface area contributed by atoms with Gasteiger partial charge in [0.05, 0.1) is 0 Å². The van der Waals surface area contributed by atoms with E-state index in [4.69, 9.17) is 0 Å². The Kier molecular flexibility index (Phi) is 5.47. The third-order valence-corrected chi connectivity index (χ3v) is 10.00. The van der Waals surface area contributed by atoms with Crippen LogP contribution in [0.15, 0.2) is 158 Å². The average Bonchev–Trinajstić information content (AvgIpc) is 3.46. The van der Waals surface area contributed by atoms with Gasteiger partial charge in [0.15, 0.2) is 0 Å². The zero-order chi connectivity index (χ0) is 28.3. The van der Waals surface area contributed by atoms with Gasteiger partial charge in [-0.3, -0.25) is 0 Å². The highest BCUT2D eigenvalue weighted by Crippen LogP contribution is 2.46. The molecule has 0 N–H and O–H groups in total. The highest BCUT2D eigenvalue weighted by atomic mass is 32.1. The van der Waals surface area contributed by atoms with Gasteiger partial charge in [0.25, 0.3) is 0 Å². The molecule has 0 unspecified atom stereocenters. The molecule has 0 saturated heterocycles. The van der Waals surface area contributed by atoms with Crippen LogP contribution in [-0.2, 0) is 0 Å². The normalized spacial score (nSPS) is 11.7. The summed E-state index contributed by atoms with van der Waals surface area (Å²) < 4.78 is 2.67. The Hall–Kier alpha value is -5.24. The second kappa shape index (κ2) is 9.66. The van der Waals surface area contributed by atoms with Gasteiger partial charge in [-0.25, -0.2) is 0 Å². The van der Waals surface area contributed by atoms with Crippen molar-refractivity contribution >= 4 is 63.8 Å². The maximum Gasteiger partial charge on any atom is 0.0361 e. The lowest BCUT2D eigenvalue weighted by molar-refractivity contribution is 1.61. The summed E-state index contributed by atoms with van der Waals surface area (Å²) in [5.41, 5.74) is 7.57. The van der Waals surface area contributed by atoms with Crippen LogP contribution in [0.4, 0.5) is 0 Å². The number of fused-ring (bicyclic) bond motifs is 7. The third kappa shape index (κ3) is 3.82. The van der Waals surface area contributed by atoms with E-state index in [0.717, 1.165) is 0 Å². The van der Waals surface area contributed by atoms with Gasteiger partial charge in [-0.2, -0.15) is 0 Å². The molecule has 0 nitrogen and oxygen atoms in total. The summed E-state index contributed by atoms with van der Waals surface area (Å²) in [5.74, 6) is 0. The third-order valence-electron chi connectivity index (χ3n) is 8.86. The van der Waals surface area contributed by atoms with Gasteiger partial charge in [-0.05, 0) is 83.9 Å². The first-order valence-electron chi connectivity index (χ1n) is 14.8. The second-order valence-corrected chi connectivity index (χ2v) is 12.3. The Morgan fingerprint density at radius 3 is 1.47 bits per heavy atom. The highest BCUT2D eigenvalue weighted by molar-refractivity contribution is 7.26. The maximum absolute atomic E-state index is 2.43. The van der Waals surface area contributed by atoms with Gasteiger partial charge in [0, 0.05) is 20.2 Å². The molecule has 43 heavy (non-hydrogen) atoms. The minimum atomic E-state index is 1.23. The lowest BCUT2D eigenvalue weighted by Crippen LogP contribution is -1.91. The van der Waals surface area contributed by atoms with Crippen LogP contribution in [0.3, 0.4) is 0 Å². The van der Waals surface area contributed by atoms with E-state index in [-0.39, 0.29) is 0 Å². The minimum absolute atomic E-state index is 1.23. The first-order chi connectivity index (χ1) is 21.3. The van der Waals surface area contributed by atoms with Gasteiger partial charge in [-0.1, -0.05) is 140 Å². The molecule has 0 saturated carbocycles. The van der Waals surface area contributed by atoms with Crippen molar-refractivity contribution in [3.63, 3.8) is 0 Å². The van der Waals surface area contributed by atoms with Crippen molar-refractivity contribution in [3.05, 3.63) is 158 Å². The number of benzene rings is 8. The first kappa shape index (κ1) is 24.4. The molecule has 9 rings (SSSR count). The predicted octanol–water partition coefficient (Wildman–Crippen LogP) is 12.5. The fraction of sp³-hybridized carbons (Fsp3) is 0. The van der Waals surface area contributed by atoms with Crippen LogP contribution in [0.5, 0.6) is 0 Å². The van der Waals surface area contributed by atoms with E-state index in [0.29, 0.717) is 0 Å². The summed E-state index contributed by atoms with van der Waals surface area (Å²) in [7, 11) is 0. The van der Waals surface area contributed by atoms with Crippen molar-refractivity contribution in [3.8, 4) is 33.4 Å². The van der Waals surface area contributed by atoms with E-state index in [9.17, 15) is 0 Å². The molecule has 0 aliphatic heterocycles. The Bertz CT molecular complexity index is 2420. The topological polar surface area (TPSA) is 0 Å². The van der Waals surface area contributed by atoms with Crippen molar-refractivity contribution in [2.75, 3.05) is 0 Å². The summed E-state index contributed by atoms with van der Waals surface area (Å²) in [6, 6.07) is 57.9. The Morgan fingerprint density at radius 1 is 0.302 bits per heavy atom. The molecule has 0 atom stereocenters. The van der Waals surface area contributed by atoms with Gasteiger partial charge >= 0.3 is 0 Å². The van der Waals surface area contributed by atoms with E-state index in [2.05, 4.69) is 158 Å². The lowest BCUT2D eigenvalue weighted by atomic mass is 9.85. The predicted molar refractivity (Wildman–Crippen MR) is 188 cm³/mol. The number of thiophene rings is 1. The molecule has 1 heterocycles. The summed E-state index contributed by atoms with van der Waals surface area (Å²) >= 11 is 1.89. The van der Waals surface area contributed by atoms with Crippen LogP contribution < -0.4 is 0 Å². The van der Waals surface area contributed by atoms with Crippen molar-refractivity contribution < 1.29 is 0 Å². The van der Waals surface area contributed by atoms with E-state index < -0.39 is 0 Å². The van der Waals surface area contributed by atoms with Crippen LogP contribution in [0.25, 0.3) is 85.9 Å². The summed E-state index contributed by atoms with van der Waals surface area (Å²) in [5, 5.41) is 10.4. The van der Waals surface area contributed by atoms with Crippen LogP contribution in [0.1, 0.15) is 0 Å². The van der Waals surface area contributed by atoms with Gasteiger partial charge in [0.1, 0.15) is 0 Å². The maximum atomic E-state index is 2.43. The monoisotopic (exact) mass is 562 g/mol. The van der Waals surface area contributed by atoms with E-state index in [1.165, 1.54) is 85.9 Å². The molecule has 9 aromatic rings. The van der Waals surface area contributed by atoms with E-state index in [1.54, 1.807) is 0 Å². The van der Waals surface area contributed by atoms with Crippen LogP contribution in [0.2, 0.25) is 0 Å². The fourth-order valence-corrected chi connectivity index (χ4v) is 8.02. The van der Waals surface area contributed by atoms with Crippen molar-refractivity contribution in [2.45, 2.75) is 0 Å². The van der Waals surface area contributed by atoms with E-state index in [1.807, 2.05) is 11.3 Å². The first-order valence-corrected chi connectivity index (χ1v) is 15.6. The quantitative estimate of drug-likeness (QED) is 0.188. The van der Waals surface area contributed by atoms with Crippen molar-refractivity contribution in [1.82, 2.24) is 0 Å². The largest absolute Gasteiger partial charge is 0.135 e. The molecule has 0 aliphatic carbocycles. The van der Waals surface area contributed by atoms with Crippen LogP contribution in [-0.4, -0.2) is 0 Å². The molecule has 0 amide bonds. The van der Waals surface area contributed by atoms with Crippen LogP contribution in [0, 0.1) is 0 Å². The molecule has 0 radical (unpaired) electrons. The highest BCUT2D eigenvalue weighted by Gasteiger charge is 2.18. The molecule has 0 spiro atoms. The summed E-state index contributed by atoms with van der Waals surface area (Å²) in [6.45, 7) is 0. The average molecular weight is 563 g/mol. The number of hydrogen-bond donors (Lipinski definition) is 0. The van der Waals surface area contributed by atoms with E-state index >= 15 is 0 Å². The number of hydrogen-bond acceptors (Lipinski definition) is 1. The molecule has 8 aromatic carbocycles. The van der Waals surface area contributed by atoms with Gasteiger partial charge in [0.2, 0.25) is 0 Å². The second-order valence-electron chi connectivity index (χ2n) is 11.3.